The zero-order chi connectivity index (χ0) is 12.4. The lowest BCUT2D eigenvalue weighted by Crippen LogP contribution is -2.24. The molecule has 0 saturated carbocycles. The van der Waals surface area contributed by atoms with Gasteiger partial charge in [0.25, 0.3) is 0 Å². The van der Waals surface area contributed by atoms with E-state index in [4.69, 9.17) is 14.2 Å². The molecule has 4 atom stereocenters. The average molecular weight is 246 g/mol. The number of esters is 2. The molecule has 0 unspecified atom stereocenters. The fourth-order valence-corrected chi connectivity index (χ4v) is 3.20. The SMILES string of the molecule is COc1ccc2c(c1)[C@H]1O[C@H]2[C@H]2C(=O)OC(=O)[C@@H]21. The second-order valence-corrected chi connectivity index (χ2v) is 4.76. The number of hydrogen-bond donors (Lipinski definition) is 0. The highest BCUT2D eigenvalue weighted by atomic mass is 16.6. The first-order valence-electron chi connectivity index (χ1n) is 5.79. The lowest BCUT2D eigenvalue weighted by Gasteiger charge is -2.19. The van der Waals surface area contributed by atoms with E-state index < -0.39 is 23.8 Å². The summed E-state index contributed by atoms with van der Waals surface area (Å²) < 4.78 is 15.6. The van der Waals surface area contributed by atoms with Gasteiger partial charge in [-0.3, -0.25) is 9.59 Å². The van der Waals surface area contributed by atoms with Crippen molar-refractivity contribution in [3.05, 3.63) is 29.3 Å². The largest absolute Gasteiger partial charge is 0.497 e. The molecule has 0 aromatic heterocycles. The van der Waals surface area contributed by atoms with Gasteiger partial charge in [-0.15, -0.1) is 0 Å². The molecular weight excluding hydrogens is 236 g/mol. The van der Waals surface area contributed by atoms with E-state index in [2.05, 4.69) is 0 Å². The van der Waals surface area contributed by atoms with Crippen LogP contribution in [0.5, 0.6) is 5.75 Å². The van der Waals surface area contributed by atoms with Gasteiger partial charge >= 0.3 is 11.9 Å². The van der Waals surface area contributed by atoms with Gasteiger partial charge in [-0.2, -0.15) is 0 Å². The van der Waals surface area contributed by atoms with Gasteiger partial charge in [0, 0.05) is 0 Å². The number of benzene rings is 1. The minimum atomic E-state index is -0.484. The van der Waals surface area contributed by atoms with Crippen molar-refractivity contribution in [2.45, 2.75) is 12.2 Å². The number of carbonyl (C=O) groups is 2. The predicted molar refractivity (Wildman–Crippen MR) is 57.6 cm³/mol. The number of carbonyl (C=O) groups excluding carboxylic acids is 2. The van der Waals surface area contributed by atoms with Crippen LogP contribution in [0, 0.1) is 11.8 Å². The van der Waals surface area contributed by atoms with Crippen molar-refractivity contribution in [2.24, 2.45) is 11.8 Å². The number of cyclic esters (lactones) is 2. The number of hydrogen-bond acceptors (Lipinski definition) is 5. The Balaban J connectivity index is 1.86. The Labute approximate surface area is 103 Å². The van der Waals surface area contributed by atoms with Crippen LogP contribution in [0.15, 0.2) is 18.2 Å². The van der Waals surface area contributed by atoms with E-state index in [1.165, 1.54) is 0 Å². The van der Waals surface area contributed by atoms with E-state index in [-0.39, 0.29) is 12.2 Å². The van der Waals surface area contributed by atoms with Gasteiger partial charge in [0.05, 0.1) is 19.3 Å². The molecule has 0 radical (unpaired) electrons. The molecule has 0 N–H and O–H groups in total. The maximum atomic E-state index is 11.7. The molecule has 1 aromatic carbocycles. The fraction of sp³-hybridized carbons (Fsp3) is 0.385. The van der Waals surface area contributed by atoms with Gasteiger partial charge in [0.2, 0.25) is 0 Å². The smallest absolute Gasteiger partial charge is 0.320 e. The van der Waals surface area contributed by atoms with E-state index in [0.29, 0.717) is 0 Å². The molecule has 3 aliphatic rings. The standard InChI is InChI=1S/C13H10O5/c1-16-5-2-3-6-7(4-5)11-9-8(10(6)17-11)12(14)18-13(9)15/h2-4,8-11H,1H3/t8-,9-,10+,11+/m0/s1. The summed E-state index contributed by atoms with van der Waals surface area (Å²) in [6.45, 7) is 0. The minimum absolute atomic E-state index is 0.347. The molecule has 92 valence electrons. The first kappa shape index (κ1) is 10.1. The van der Waals surface area contributed by atoms with Gasteiger partial charge in [-0.05, 0) is 23.3 Å². The molecule has 18 heavy (non-hydrogen) atoms. The molecule has 3 aliphatic heterocycles. The summed E-state index contributed by atoms with van der Waals surface area (Å²) in [6.07, 6.45) is -0.719. The first-order valence-corrected chi connectivity index (χ1v) is 5.79. The summed E-state index contributed by atoms with van der Waals surface area (Å²) in [4.78, 5) is 23.3. The van der Waals surface area contributed by atoms with Crippen molar-refractivity contribution >= 4 is 11.9 Å². The highest BCUT2D eigenvalue weighted by molar-refractivity contribution is 5.98. The van der Waals surface area contributed by atoms with Gasteiger partial charge in [0.15, 0.2) is 0 Å². The van der Waals surface area contributed by atoms with Crippen LogP contribution in [0.3, 0.4) is 0 Å². The third-order valence-corrected chi connectivity index (χ3v) is 3.98. The monoisotopic (exact) mass is 246 g/mol. The second kappa shape index (κ2) is 3.11. The Morgan fingerprint density at radius 3 is 2.39 bits per heavy atom. The zero-order valence-electron chi connectivity index (χ0n) is 9.58. The highest BCUT2D eigenvalue weighted by Crippen LogP contribution is 2.60. The van der Waals surface area contributed by atoms with Crippen molar-refractivity contribution in [1.29, 1.82) is 0 Å². The van der Waals surface area contributed by atoms with Crippen LogP contribution in [0.1, 0.15) is 23.3 Å². The summed E-state index contributed by atoms with van der Waals surface area (Å²) in [5, 5.41) is 0. The van der Waals surface area contributed by atoms with Gasteiger partial charge in [-0.25, -0.2) is 0 Å². The normalized spacial score (nSPS) is 35.4. The third-order valence-electron chi connectivity index (χ3n) is 3.98. The quantitative estimate of drug-likeness (QED) is 0.549. The Kier molecular flexibility index (Phi) is 1.74. The summed E-state index contributed by atoms with van der Waals surface area (Å²) in [5.74, 6) is -1.16. The second-order valence-electron chi connectivity index (χ2n) is 4.76. The number of fused-ring (bicyclic) bond motifs is 8. The summed E-state index contributed by atoms with van der Waals surface area (Å²) in [5.41, 5.74) is 1.90. The zero-order valence-corrected chi connectivity index (χ0v) is 9.58. The van der Waals surface area contributed by atoms with Crippen LogP contribution in [0.4, 0.5) is 0 Å². The van der Waals surface area contributed by atoms with Gasteiger partial charge < -0.3 is 14.2 Å². The van der Waals surface area contributed by atoms with Crippen LogP contribution in [0.2, 0.25) is 0 Å². The van der Waals surface area contributed by atoms with E-state index in [1.807, 2.05) is 18.2 Å². The van der Waals surface area contributed by atoms with Crippen LogP contribution in [-0.4, -0.2) is 19.0 Å². The molecule has 2 saturated heterocycles. The molecule has 1 aromatic rings. The molecule has 2 fully saturated rings. The predicted octanol–water partition coefficient (Wildman–Crippen LogP) is 1.14. The summed E-state index contributed by atoms with van der Waals surface area (Å²) in [6, 6.07) is 5.59. The molecule has 2 bridgehead atoms. The van der Waals surface area contributed by atoms with Crippen molar-refractivity contribution in [3.63, 3.8) is 0 Å². The van der Waals surface area contributed by atoms with Crippen LogP contribution in [-0.2, 0) is 19.1 Å². The highest BCUT2D eigenvalue weighted by Gasteiger charge is 2.63. The fourth-order valence-electron chi connectivity index (χ4n) is 3.20. The maximum absolute atomic E-state index is 11.7. The maximum Gasteiger partial charge on any atom is 0.320 e. The van der Waals surface area contributed by atoms with Crippen molar-refractivity contribution in [3.8, 4) is 5.75 Å². The molecule has 5 heteroatoms. The van der Waals surface area contributed by atoms with Crippen molar-refractivity contribution in [2.75, 3.05) is 7.11 Å². The van der Waals surface area contributed by atoms with Crippen molar-refractivity contribution < 1.29 is 23.8 Å². The first-order chi connectivity index (χ1) is 8.70. The Morgan fingerprint density at radius 1 is 1.06 bits per heavy atom. The minimum Gasteiger partial charge on any atom is -0.497 e. The van der Waals surface area contributed by atoms with E-state index in [1.54, 1.807) is 7.11 Å². The molecule has 5 nitrogen and oxygen atoms in total. The molecular formula is C13H10O5. The number of rotatable bonds is 1. The van der Waals surface area contributed by atoms with E-state index in [0.717, 1.165) is 16.9 Å². The van der Waals surface area contributed by atoms with Gasteiger partial charge in [0.1, 0.15) is 17.6 Å². The van der Waals surface area contributed by atoms with Crippen molar-refractivity contribution in [1.82, 2.24) is 0 Å². The summed E-state index contributed by atoms with van der Waals surface area (Å²) >= 11 is 0. The lowest BCUT2D eigenvalue weighted by molar-refractivity contribution is -0.157. The Bertz CT molecular complexity index is 579. The molecule has 3 heterocycles. The lowest BCUT2D eigenvalue weighted by atomic mass is 9.77. The molecule has 0 aliphatic carbocycles. The van der Waals surface area contributed by atoms with Crippen LogP contribution in [0.25, 0.3) is 0 Å². The van der Waals surface area contributed by atoms with E-state index >= 15 is 0 Å². The molecule has 4 rings (SSSR count). The van der Waals surface area contributed by atoms with Crippen LogP contribution < -0.4 is 4.74 Å². The molecule has 0 amide bonds. The average Bonchev–Trinajstić information content (AvgIpc) is 3.00. The van der Waals surface area contributed by atoms with Crippen LogP contribution >= 0.6 is 0 Å². The Hall–Kier alpha value is -1.88. The third kappa shape index (κ3) is 1.01. The Morgan fingerprint density at radius 2 is 1.72 bits per heavy atom. The number of ether oxygens (including phenoxy) is 3. The van der Waals surface area contributed by atoms with Gasteiger partial charge in [-0.1, -0.05) is 6.07 Å². The topological polar surface area (TPSA) is 61.8 Å². The van der Waals surface area contributed by atoms with E-state index in [9.17, 15) is 9.59 Å². The summed E-state index contributed by atoms with van der Waals surface area (Å²) in [7, 11) is 1.59. The number of methoxy groups -OCH3 is 1. The molecule has 0 spiro atoms.